The van der Waals surface area contributed by atoms with Gasteiger partial charge in [0.25, 0.3) is 0 Å². The van der Waals surface area contributed by atoms with E-state index in [-0.39, 0.29) is 12.4 Å². The van der Waals surface area contributed by atoms with Crippen molar-refractivity contribution in [2.24, 2.45) is 5.73 Å². The van der Waals surface area contributed by atoms with Crippen LogP contribution in [-0.4, -0.2) is 36.5 Å². The first-order valence-corrected chi connectivity index (χ1v) is 4.98. The highest BCUT2D eigenvalue weighted by Gasteiger charge is 2.21. The quantitative estimate of drug-likeness (QED) is 0.597. The number of nitrogens with two attached hydrogens (primary N) is 1. The van der Waals surface area contributed by atoms with Crippen molar-refractivity contribution in [3.8, 4) is 0 Å². The molecule has 0 heterocycles. The molecular formula is C10H22ClNO5. The number of esters is 1. The zero-order valence-corrected chi connectivity index (χ0v) is 11.5. The van der Waals surface area contributed by atoms with Crippen LogP contribution < -0.4 is 5.73 Å². The molecule has 6 nitrogen and oxygen atoms in total. The second kappa shape index (κ2) is 11.5. The van der Waals surface area contributed by atoms with Crippen LogP contribution in [0.2, 0.25) is 0 Å². The smallest absolute Gasteiger partial charge is 0.468 e. The Morgan fingerprint density at radius 1 is 1.35 bits per heavy atom. The Kier molecular flexibility index (Phi) is 14.4. The number of unbranched alkanes of at least 4 members (excludes halogenated alkanes) is 1. The topological polar surface area (TPSA) is 98.9 Å². The van der Waals surface area contributed by atoms with E-state index in [1.165, 1.54) is 7.11 Å². The van der Waals surface area contributed by atoms with Crippen molar-refractivity contribution >= 4 is 24.5 Å². The van der Waals surface area contributed by atoms with E-state index in [2.05, 4.69) is 9.47 Å². The monoisotopic (exact) mass is 271 g/mol. The summed E-state index contributed by atoms with van der Waals surface area (Å²) >= 11 is 0. The standard InChI is InChI=1S/C5H11NO2.C5H10O3.ClH/c1-5(2,6)4(7)8-3;1-2-3-4-8-5(6)7;/h6H2,1-3H3;2-4H2,1H3,(H,6,7);1H. The molecule has 0 radical (unpaired) electrons. The van der Waals surface area contributed by atoms with Crippen molar-refractivity contribution < 1.29 is 24.2 Å². The van der Waals surface area contributed by atoms with Crippen molar-refractivity contribution in [1.82, 2.24) is 0 Å². The van der Waals surface area contributed by atoms with Crippen LogP contribution in [0, 0.1) is 0 Å². The lowest BCUT2D eigenvalue weighted by Gasteiger charge is -2.13. The van der Waals surface area contributed by atoms with Gasteiger partial charge in [0.15, 0.2) is 0 Å². The molecule has 0 aliphatic carbocycles. The summed E-state index contributed by atoms with van der Waals surface area (Å²) in [7, 11) is 1.32. The molecule has 0 aromatic heterocycles. The molecule has 3 N–H and O–H groups in total. The summed E-state index contributed by atoms with van der Waals surface area (Å²) in [5.74, 6) is -0.391. The lowest BCUT2D eigenvalue weighted by molar-refractivity contribution is -0.145. The number of methoxy groups -OCH3 is 1. The molecule has 0 atom stereocenters. The van der Waals surface area contributed by atoms with Crippen LogP contribution in [0.25, 0.3) is 0 Å². The molecule has 0 aromatic rings. The van der Waals surface area contributed by atoms with E-state index >= 15 is 0 Å². The average molecular weight is 272 g/mol. The van der Waals surface area contributed by atoms with E-state index in [1.54, 1.807) is 13.8 Å². The summed E-state index contributed by atoms with van der Waals surface area (Å²) in [6, 6.07) is 0. The van der Waals surface area contributed by atoms with Crippen LogP contribution in [0.5, 0.6) is 0 Å². The van der Waals surface area contributed by atoms with Crippen molar-refractivity contribution in [1.29, 1.82) is 0 Å². The van der Waals surface area contributed by atoms with Gasteiger partial charge in [-0.1, -0.05) is 13.3 Å². The zero-order chi connectivity index (χ0) is 13.2. The van der Waals surface area contributed by atoms with Gasteiger partial charge in [0.2, 0.25) is 0 Å². The zero-order valence-electron chi connectivity index (χ0n) is 10.7. The van der Waals surface area contributed by atoms with E-state index in [9.17, 15) is 9.59 Å². The number of carboxylic acid groups (broad SMARTS) is 1. The van der Waals surface area contributed by atoms with Gasteiger partial charge in [-0.3, -0.25) is 4.79 Å². The largest absolute Gasteiger partial charge is 0.505 e. The molecule has 0 spiro atoms. The summed E-state index contributed by atoms with van der Waals surface area (Å²) in [5, 5.41) is 7.92. The lowest BCUT2D eigenvalue weighted by Crippen LogP contribution is -2.42. The van der Waals surface area contributed by atoms with Crippen LogP contribution in [0.4, 0.5) is 4.79 Å². The third kappa shape index (κ3) is 17.6. The molecule has 0 amide bonds. The Morgan fingerprint density at radius 3 is 2.00 bits per heavy atom. The minimum atomic E-state index is -1.18. The van der Waals surface area contributed by atoms with Gasteiger partial charge in [-0.2, -0.15) is 0 Å². The summed E-state index contributed by atoms with van der Waals surface area (Å²) in [6.07, 6.45) is 0.595. The third-order valence-corrected chi connectivity index (χ3v) is 1.43. The highest BCUT2D eigenvalue weighted by atomic mass is 35.5. The van der Waals surface area contributed by atoms with Gasteiger partial charge >= 0.3 is 12.1 Å². The molecule has 0 aliphatic heterocycles. The molecule has 0 unspecified atom stereocenters. The second-order valence-electron chi connectivity index (χ2n) is 3.68. The molecule has 0 saturated carbocycles. The Hall–Kier alpha value is -1.01. The van der Waals surface area contributed by atoms with E-state index in [4.69, 9.17) is 10.8 Å². The first kappa shape index (κ1) is 21.3. The SMILES string of the molecule is CCCCOC(=O)O.COC(=O)C(C)(C)N.Cl. The Bertz CT molecular complexity index is 215. The molecule has 0 saturated heterocycles. The normalized spacial score (nSPS) is 9.24. The van der Waals surface area contributed by atoms with Crippen molar-refractivity contribution in [2.45, 2.75) is 39.2 Å². The Morgan fingerprint density at radius 2 is 1.82 bits per heavy atom. The first-order chi connectivity index (χ1) is 7.25. The first-order valence-electron chi connectivity index (χ1n) is 4.98. The summed E-state index contributed by atoms with van der Waals surface area (Å²) in [5.41, 5.74) is 4.46. The summed E-state index contributed by atoms with van der Waals surface area (Å²) in [6.45, 7) is 5.49. The highest BCUT2D eigenvalue weighted by molar-refractivity contribution is 5.85. The van der Waals surface area contributed by atoms with E-state index in [0.717, 1.165) is 12.8 Å². The number of carbonyl (C=O) groups excluding carboxylic acids is 1. The van der Waals surface area contributed by atoms with E-state index in [0.29, 0.717) is 6.61 Å². The van der Waals surface area contributed by atoms with Gasteiger partial charge < -0.3 is 20.3 Å². The highest BCUT2D eigenvalue weighted by Crippen LogP contribution is 1.97. The van der Waals surface area contributed by atoms with E-state index in [1.807, 2.05) is 6.92 Å². The number of hydrogen-bond acceptors (Lipinski definition) is 5. The van der Waals surface area contributed by atoms with Crippen LogP contribution in [0.1, 0.15) is 33.6 Å². The fourth-order valence-corrected chi connectivity index (χ4v) is 0.567. The average Bonchev–Trinajstić information content (AvgIpc) is 2.16. The van der Waals surface area contributed by atoms with Gasteiger partial charge in [0.1, 0.15) is 5.54 Å². The van der Waals surface area contributed by atoms with Crippen LogP contribution in [0.3, 0.4) is 0 Å². The van der Waals surface area contributed by atoms with Crippen LogP contribution in [-0.2, 0) is 14.3 Å². The van der Waals surface area contributed by atoms with Crippen molar-refractivity contribution in [3.05, 3.63) is 0 Å². The molecular weight excluding hydrogens is 250 g/mol. The maximum absolute atomic E-state index is 10.5. The minimum Gasteiger partial charge on any atom is -0.468 e. The molecule has 7 heteroatoms. The van der Waals surface area contributed by atoms with Crippen LogP contribution in [0.15, 0.2) is 0 Å². The van der Waals surface area contributed by atoms with Crippen molar-refractivity contribution in [3.63, 3.8) is 0 Å². The number of carbonyl (C=O) groups is 2. The molecule has 104 valence electrons. The number of rotatable bonds is 4. The number of hydrogen-bond donors (Lipinski definition) is 2. The van der Waals surface area contributed by atoms with Gasteiger partial charge in [-0.05, 0) is 20.3 Å². The summed E-state index contributed by atoms with van der Waals surface area (Å²) in [4.78, 5) is 20.1. The molecule has 17 heavy (non-hydrogen) atoms. The second-order valence-corrected chi connectivity index (χ2v) is 3.68. The van der Waals surface area contributed by atoms with Gasteiger partial charge in [-0.25, -0.2) is 4.79 Å². The number of halogens is 1. The fourth-order valence-electron chi connectivity index (χ4n) is 0.567. The van der Waals surface area contributed by atoms with Gasteiger partial charge in [-0.15, -0.1) is 12.4 Å². The summed E-state index contributed by atoms with van der Waals surface area (Å²) < 4.78 is 8.55. The molecule has 0 aromatic carbocycles. The Balaban J connectivity index is -0.000000218. The fraction of sp³-hybridized carbons (Fsp3) is 0.800. The maximum atomic E-state index is 10.5. The molecule has 0 fully saturated rings. The predicted molar refractivity (Wildman–Crippen MR) is 66.4 cm³/mol. The maximum Gasteiger partial charge on any atom is 0.505 e. The Labute approximate surface area is 108 Å². The predicted octanol–water partition coefficient (Wildman–Crippen LogP) is 1.80. The van der Waals surface area contributed by atoms with Crippen molar-refractivity contribution in [2.75, 3.05) is 13.7 Å². The molecule has 0 aliphatic rings. The molecule has 0 rings (SSSR count). The molecule has 0 bridgehead atoms. The van der Waals surface area contributed by atoms with Crippen LogP contribution >= 0.6 is 12.4 Å². The third-order valence-electron chi connectivity index (χ3n) is 1.43. The lowest BCUT2D eigenvalue weighted by atomic mass is 10.1. The van der Waals surface area contributed by atoms with E-state index < -0.39 is 17.7 Å². The number of ether oxygens (including phenoxy) is 2. The van der Waals surface area contributed by atoms with Gasteiger partial charge in [0, 0.05) is 0 Å². The van der Waals surface area contributed by atoms with Gasteiger partial charge in [0.05, 0.1) is 13.7 Å². The minimum absolute atomic E-state index is 0.